The van der Waals surface area contributed by atoms with Crippen molar-refractivity contribution in [2.45, 2.75) is 0 Å². The normalized spacial score (nSPS) is 18.6. The molecular weight excluding hydrogens is 198 g/mol. The fourth-order valence-electron chi connectivity index (χ4n) is 1.80. The summed E-state index contributed by atoms with van der Waals surface area (Å²) in [6.07, 6.45) is 0. The monoisotopic (exact) mass is 216 g/mol. The van der Waals surface area contributed by atoms with E-state index in [0.717, 1.165) is 42.9 Å². The molecule has 0 unspecified atom stereocenters. The van der Waals surface area contributed by atoms with Gasteiger partial charge >= 0.3 is 0 Å². The average Bonchev–Trinajstić information content (AvgIpc) is 2.31. The number of morpholine rings is 1. The van der Waals surface area contributed by atoms with Crippen LogP contribution in [0, 0.1) is 11.8 Å². The van der Waals surface area contributed by atoms with Crippen LogP contribution in [0.15, 0.2) is 30.3 Å². The van der Waals surface area contributed by atoms with Gasteiger partial charge in [0.15, 0.2) is 0 Å². The number of nitrogens with zero attached hydrogens (tertiary/aromatic N) is 1. The lowest BCUT2D eigenvalue weighted by molar-refractivity contribution is -0.910. The molecular formula is C14H18NO+. The quantitative estimate of drug-likeness (QED) is 0.511. The van der Waals surface area contributed by atoms with E-state index in [1.54, 1.807) is 0 Å². The van der Waals surface area contributed by atoms with Gasteiger partial charge in [-0.25, -0.2) is 0 Å². The molecule has 0 atom stereocenters. The minimum Gasteiger partial charge on any atom is -0.370 e. The highest BCUT2D eigenvalue weighted by molar-refractivity contribution is 5.33. The van der Waals surface area contributed by atoms with Crippen LogP contribution in [0.25, 0.3) is 0 Å². The number of likely N-dealkylation sites (N-methyl/N-ethyl adjacent to an activating group) is 1. The van der Waals surface area contributed by atoms with E-state index in [1.165, 1.54) is 0 Å². The molecule has 2 nitrogen and oxygen atoms in total. The minimum atomic E-state index is 0.865. The summed E-state index contributed by atoms with van der Waals surface area (Å²) in [7, 11) is 2.25. The molecule has 0 N–H and O–H groups in total. The smallest absolute Gasteiger partial charge is 0.141 e. The molecule has 1 aromatic carbocycles. The summed E-state index contributed by atoms with van der Waals surface area (Å²) in [4.78, 5) is 0. The Bertz CT molecular complexity index is 382. The van der Waals surface area contributed by atoms with Crippen molar-refractivity contribution >= 4 is 0 Å². The van der Waals surface area contributed by atoms with Crippen LogP contribution in [0.5, 0.6) is 0 Å². The van der Waals surface area contributed by atoms with Gasteiger partial charge in [0.25, 0.3) is 0 Å². The molecule has 1 fully saturated rings. The molecule has 1 aromatic rings. The Balaban J connectivity index is 1.94. The molecule has 1 aliphatic rings. The van der Waals surface area contributed by atoms with Crippen LogP contribution in [-0.4, -0.2) is 44.4 Å². The number of hydrogen-bond acceptors (Lipinski definition) is 1. The summed E-state index contributed by atoms with van der Waals surface area (Å²) < 4.78 is 6.38. The molecule has 2 rings (SSSR count). The lowest BCUT2D eigenvalue weighted by Crippen LogP contribution is -2.52. The second-order valence-electron chi connectivity index (χ2n) is 4.51. The third kappa shape index (κ3) is 3.10. The third-order valence-corrected chi connectivity index (χ3v) is 3.02. The van der Waals surface area contributed by atoms with Crippen molar-refractivity contribution in [2.75, 3.05) is 39.9 Å². The predicted molar refractivity (Wildman–Crippen MR) is 64.9 cm³/mol. The maximum Gasteiger partial charge on any atom is 0.141 e. The minimum absolute atomic E-state index is 0.865. The van der Waals surface area contributed by atoms with Crippen LogP contribution in [0.1, 0.15) is 5.56 Å². The summed E-state index contributed by atoms with van der Waals surface area (Å²) in [5, 5.41) is 0. The van der Waals surface area contributed by atoms with Crippen LogP contribution in [0.4, 0.5) is 0 Å². The number of rotatable bonds is 1. The Hall–Kier alpha value is -1.30. The van der Waals surface area contributed by atoms with Crippen molar-refractivity contribution in [1.82, 2.24) is 0 Å². The number of ether oxygens (including phenoxy) is 1. The Morgan fingerprint density at radius 3 is 2.56 bits per heavy atom. The molecule has 84 valence electrons. The van der Waals surface area contributed by atoms with Crippen molar-refractivity contribution in [1.29, 1.82) is 0 Å². The van der Waals surface area contributed by atoms with Crippen molar-refractivity contribution in [3.05, 3.63) is 35.9 Å². The summed E-state index contributed by atoms with van der Waals surface area (Å²) in [6.45, 7) is 4.79. The van der Waals surface area contributed by atoms with E-state index in [-0.39, 0.29) is 0 Å². The van der Waals surface area contributed by atoms with E-state index >= 15 is 0 Å². The van der Waals surface area contributed by atoms with Crippen LogP contribution in [0.3, 0.4) is 0 Å². The lowest BCUT2D eigenvalue weighted by atomic mass is 10.2. The molecule has 1 saturated heterocycles. The van der Waals surface area contributed by atoms with E-state index in [0.29, 0.717) is 0 Å². The number of hydrogen-bond donors (Lipinski definition) is 0. The van der Waals surface area contributed by atoms with Crippen LogP contribution < -0.4 is 0 Å². The molecule has 0 aromatic heterocycles. The second kappa shape index (κ2) is 5.16. The average molecular weight is 216 g/mol. The SMILES string of the molecule is C[N+]1(CC#Cc2ccccc2)CCOCC1. The van der Waals surface area contributed by atoms with E-state index < -0.39 is 0 Å². The van der Waals surface area contributed by atoms with Crippen LogP contribution >= 0.6 is 0 Å². The van der Waals surface area contributed by atoms with Crippen LogP contribution in [-0.2, 0) is 4.74 Å². The van der Waals surface area contributed by atoms with Crippen molar-refractivity contribution in [3.8, 4) is 11.8 Å². The standard InChI is InChI=1S/C14H18NO/c1-15(10-12-16-13-11-15)9-5-8-14-6-3-2-4-7-14/h2-4,6-7H,9-13H2,1H3/q+1. The van der Waals surface area contributed by atoms with Gasteiger partial charge in [-0.15, -0.1) is 0 Å². The highest BCUT2D eigenvalue weighted by atomic mass is 16.5. The highest BCUT2D eigenvalue weighted by Crippen LogP contribution is 2.06. The fraction of sp³-hybridized carbons (Fsp3) is 0.429. The zero-order chi connectivity index (χ0) is 11.3. The predicted octanol–water partition coefficient (Wildman–Crippen LogP) is 1.51. The first-order chi connectivity index (χ1) is 7.79. The van der Waals surface area contributed by atoms with Gasteiger partial charge in [-0.3, -0.25) is 0 Å². The van der Waals surface area contributed by atoms with Crippen molar-refractivity contribution in [2.24, 2.45) is 0 Å². The summed E-state index contributed by atoms with van der Waals surface area (Å²) in [5.74, 6) is 6.49. The molecule has 0 aliphatic carbocycles. The molecule has 16 heavy (non-hydrogen) atoms. The first kappa shape index (κ1) is 11.2. The van der Waals surface area contributed by atoms with Crippen LogP contribution in [0.2, 0.25) is 0 Å². The van der Waals surface area contributed by atoms with Gasteiger partial charge in [0.05, 0.1) is 20.3 Å². The van der Waals surface area contributed by atoms with Crippen molar-refractivity contribution in [3.63, 3.8) is 0 Å². The first-order valence-electron chi connectivity index (χ1n) is 5.74. The van der Waals surface area contributed by atoms with Gasteiger partial charge in [-0.05, 0) is 18.1 Å². The molecule has 0 saturated carbocycles. The zero-order valence-electron chi connectivity index (χ0n) is 9.78. The van der Waals surface area contributed by atoms with Crippen molar-refractivity contribution < 1.29 is 9.22 Å². The number of quaternary nitrogens is 1. The number of benzene rings is 1. The molecule has 0 spiro atoms. The maximum atomic E-state index is 5.37. The largest absolute Gasteiger partial charge is 0.370 e. The third-order valence-electron chi connectivity index (χ3n) is 3.02. The Kier molecular flexibility index (Phi) is 3.61. The molecule has 2 heteroatoms. The zero-order valence-corrected chi connectivity index (χ0v) is 9.78. The highest BCUT2D eigenvalue weighted by Gasteiger charge is 2.23. The molecule has 1 heterocycles. The Morgan fingerprint density at radius 2 is 1.88 bits per heavy atom. The van der Waals surface area contributed by atoms with E-state index in [2.05, 4.69) is 18.9 Å². The van der Waals surface area contributed by atoms with Gasteiger partial charge in [0, 0.05) is 5.56 Å². The molecule has 0 amide bonds. The maximum absolute atomic E-state index is 5.37. The topological polar surface area (TPSA) is 9.23 Å². The van der Waals surface area contributed by atoms with Gasteiger partial charge in [-0.2, -0.15) is 0 Å². The summed E-state index contributed by atoms with van der Waals surface area (Å²) in [5.41, 5.74) is 1.10. The fourth-order valence-corrected chi connectivity index (χ4v) is 1.80. The lowest BCUT2D eigenvalue weighted by Gasteiger charge is -2.35. The Morgan fingerprint density at radius 1 is 1.19 bits per heavy atom. The molecule has 1 aliphatic heterocycles. The summed E-state index contributed by atoms with van der Waals surface area (Å²) in [6, 6.07) is 10.2. The van der Waals surface area contributed by atoms with E-state index in [9.17, 15) is 0 Å². The van der Waals surface area contributed by atoms with Gasteiger partial charge in [0.2, 0.25) is 0 Å². The molecule has 0 bridgehead atoms. The van der Waals surface area contributed by atoms with Gasteiger partial charge in [-0.1, -0.05) is 24.1 Å². The first-order valence-corrected chi connectivity index (χ1v) is 5.74. The van der Waals surface area contributed by atoms with Gasteiger partial charge in [0.1, 0.15) is 19.6 Å². The second-order valence-corrected chi connectivity index (χ2v) is 4.51. The van der Waals surface area contributed by atoms with E-state index in [4.69, 9.17) is 4.74 Å². The van der Waals surface area contributed by atoms with E-state index in [1.807, 2.05) is 30.3 Å². The van der Waals surface area contributed by atoms with Gasteiger partial charge < -0.3 is 9.22 Å². The summed E-state index contributed by atoms with van der Waals surface area (Å²) >= 11 is 0. The molecule has 0 radical (unpaired) electrons. The Labute approximate surface area is 97.4 Å².